The summed E-state index contributed by atoms with van der Waals surface area (Å²) in [4.78, 5) is 11.4. The third-order valence-corrected chi connectivity index (χ3v) is 4.07. The number of thioether (sulfide) groups is 1. The molecule has 3 nitrogen and oxygen atoms in total. The van der Waals surface area contributed by atoms with Gasteiger partial charge in [0.15, 0.2) is 5.78 Å². The van der Waals surface area contributed by atoms with E-state index in [0.717, 1.165) is 5.69 Å². The van der Waals surface area contributed by atoms with Crippen LogP contribution >= 0.6 is 11.8 Å². The third-order valence-electron chi connectivity index (χ3n) is 3.02. The molecule has 0 amide bonds. The lowest BCUT2D eigenvalue weighted by molar-refractivity contribution is 0.101. The molecule has 3 N–H and O–H groups in total. The Morgan fingerprint density at radius 2 is 2.12 bits per heavy atom. The van der Waals surface area contributed by atoms with E-state index < -0.39 is 0 Å². The molecule has 1 aliphatic rings. The van der Waals surface area contributed by atoms with Crippen molar-refractivity contribution in [2.24, 2.45) is 0 Å². The van der Waals surface area contributed by atoms with E-state index in [-0.39, 0.29) is 5.78 Å². The Kier molecular flexibility index (Phi) is 3.94. The zero-order chi connectivity index (χ0) is 12.3. The molecule has 1 heterocycles. The second kappa shape index (κ2) is 5.45. The molecule has 0 spiro atoms. The lowest BCUT2D eigenvalue weighted by Crippen LogP contribution is -2.24. The molecule has 0 atom stereocenters. The fourth-order valence-corrected chi connectivity index (χ4v) is 3.14. The van der Waals surface area contributed by atoms with E-state index in [9.17, 15) is 4.79 Å². The quantitative estimate of drug-likeness (QED) is 0.640. The van der Waals surface area contributed by atoms with Gasteiger partial charge in [0.1, 0.15) is 0 Å². The molecule has 1 aromatic rings. The van der Waals surface area contributed by atoms with Crippen LogP contribution in [0.5, 0.6) is 0 Å². The fourth-order valence-electron chi connectivity index (χ4n) is 2.03. The van der Waals surface area contributed by atoms with E-state index >= 15 is 0 Å². The Bertz CT molecular complexity index is 414. The Morgan fingerprint density at radius 1 is 1.41 bits per heavy atom. The molecule has 1 aromatic carbocycles. The SMILES string of the molecule is CC(=O)c1cc(NC2CCSCC2)ccc1N. The van der Waals surface area contributed by atoms with E-state index in [4.69, 9.17) is 5.73 Å². The lowest BCUT2D eigenvalue weighted by Gasteiger charge is -2.24. The summed E-state index contributed by atoms with van der Waals surface area (Å²) in [5.41, 5.74) is 7.94. The molecule has 0 saturated carbocycles. The Morgan fingerprint density at radius 3 is 2.76 bits per heavy atom. The first-order chi connectivity index (χ1) is 8.16. The number of Topliss-reactive ketones (excluding diaryl/α,β-unsaturated/α-hetero) is 1. The first-order valence-electron chi connectivity index (χ1n) is 5.91. The summed E-state index contributed by atoms with van der Waals surface area (Å²) < 4.78 is 0. The molecular weight excluding hydrogens is 232 g/mol. The Hall–Kier alpha value is -1.16. The van der Waals surface area contributed by atoms with Gasteiger partial charge in [0, 0.05) is 23.0 Å². The van der Waals surface area contributed by atoms with Gasteiger partial charge in [-0.25, -0.2) is 0 Å². The molecule has 0 aliphatic carbocycles. The fraction of sp³-hybridized carbons (Fsp3) is 0.462. The van der Waals surface area contributed by atoms with Crippen molar-refractivity contribution in [2.75, 3.05) is 22.6 Å². The number of benzene rings is 1. The van der Waals surface area contributed by atoms with Crippen LogP contribution in [0.2, 0.25) is 0 Å². The van der Waals surface area contributed by atoms with Gasteiger partial charge in [-0.3, -0.25) is 4.79 Å². The summed E-state index contributed by atoms with van der Waals surface area (Å²) in [5, 5.41) is 3.48. The molecule has 17 heavy (non-hydrogen) atoms. The summed E-state index contributed by atoms with van der Waals surface area (Å²) in [6.45, 7) is 1.55. The van der Waals surface area contributed by atoms with Gasteiger partial charge in [-0.05, 0) is 49.5 Å². The molecule has 1 saturated heterocycles. The number of nitrogens with two attached hydrogens (primary N) is 1. The topological polar surface area (TPSA) is 55.1 Å². The van der Waals surface area contributed by atoms with Crippen LogP contribution in [0.4, 0.5) is 11.4 Å². The summed E-state index contributed by atoms with van der Waals surface area (Å²) in [6.07, 6.45) is 2.37. The molecule has 0 unspecified atom stereocenters. The number of carbonyl (C=O) groups excluding carboxylic acids is 1. The first-order valence-corrected chi connectivity index (χ1v) is 7.07. The number of hydrogen-bond donors (Lipinski definition) is 2. The summed E-state index contributed by atoms with van der Waals surface area (Å²) >= 11 is 2.01. The smallest absolute Gasteiger partial charge is 0.161 e. The van der Waals surface area contributed by atoms with Gasteiger partial charge in [0.05, 0.1) is 0 Å². The van der Waals surface area contributed by atoms with Gasteiger partial charge < -0.3 is 11.1 Å². The monoisotopic (exact) mass is 250 g/mol. The maximum absolute atomic E-state index is 11.4. The van der Waals surface area contributed by atoms with Crippen molar-refractivity contribution in [1.29, 1.82) is 0 Å². The molecule has 4 heteroatoms. The van der Waals surface area contributed by atoms with Crippen molar-refractivity contribution in [1.82, 2.24) is 0 Å². The number of ketones is 1. The molecule has 0 aromatic heterocycles. The zero-order valence-corrected chi connectivity index (χ0v) is 10.8. The minimum Gasteiger partial charge on any atom is -0.398 e. The van der Waals surface area contributed by atoms with Crippen molar-refractivity contribution in [2.45, 2.75) is 25.8 Å². The Labute approximate surface area is 106 Å². The van der Waals surface area contributed by atoms with Crippen molar-refractivity contribution in [3.8, 4) is 0 Å². The normalized spacial score (nSPS) is 16.8. The van der Waals surface area contributed by atoms with E-state index in [1.54, 1.807) is 13.0 Å². The van der Waals surface area contributed by atoms with E-state index in [2.05, 4.69) is 5.32 Å². The highest BCUT2D eigenvalue weighted by molar-refractivity contribution is 7.99. The van der Waals surface area contributed by atoms with Crippen LogP contribution in [0, 0.1) is 0 Å². The summed E-state index contributed by atoms with van der Waals surface area (Å²) in [6, 6.07) is 6.14. The van der Waals surface area contributed by atoms with E-state index in [1.165, 1.54) is 24.3 Å². The second-order valence-corrected chi connectivity index (χ2v) is 5.61. The number of nitrogens with one attached hydrogen (secondary N) is 1. The van der Waals surface area contributed by atoms with Gasteiger partial charge in [0.2, 0.25) is 0 Å². The maximum atomic E-state index is 11.4. The van der Waals surface area contributed by atoms with Gasteiger partial charge in [-0.2, -0.15) is 11.8 Å². The number of rotatable bonds is 3. The Balaban J connectivity index is 2.10. The molecular formula is C13H18N2OS. The average molecular weight is 250 g/mol. The second-order valence-electron chi connectivity index (χ2n) is 4.39. The van der Waals surface area contributed by atoms with Gasteiger partial charge >= 0.3 is 0 Å². The van der Waals surface area contributed by atoms with Crippen LogP contribution in [0.1, 0.15) is 30.1 Å². The largest absolute Gasteiger partial charge is 0.398 e. The van der Waals surface area contributed by atoms with Crippen LogP contribution in [0.3, 0.4) is 0 Å². The highest BCUT2D eigenvalue weighted by atomic mass is 32.2. The van der Waals surface area contributed by atoms with Crippen molar-refractivity contribution >= 4 is 28.9 Å². The number of anilines is 2. The van der Waals surface area contributed by atoms with Crippen LogP contribution in [0.15, 0.2) is 18.2 Å². The number of carbonyl (C=O) groups is 1. The van der Waals surface area contributed by atoms with Crippen LogP contribution in [-0.4, -0.2) is 23.3 Å². The van der Waals surface area contributed by atoms with E-state index in [0.29, 0.717) is 17.3 Å². The predicted molar refractivity (Wildman–Crippen MR) is 74.8 cm³/mol. The highest BCUT2D eigenvalue weighted by Crippen LogP contribution is 2.23. The predicted octanol–water partition coefficient (Wildman–Crippen LogP) is 2.78. The average Bonchev–Trinajstić information content (AvgIpc) is 2.32. The third kappa shape index (κ3) is 3.16. The summed E-state index contributed by atoms with van der Waals surface area (Å²) in [5.74, 6) is 2.45. The zero-order valence-electron chi connectivity index (χ0n) is 10.0. The van der Waals surface area contributed by atoms with Crippen LogP contribution in [-0.2, 0) is 0 Å². The molecule has 0 bridgehead atoms. The van der Waals surface area contributed by atoms with Crippen molar-refractivity contribution < 1.29 is 4.79 Å². The van der Waals surface area contributed by atoms with Gasteiger partial charge in [-0.15, -0.1) is 0 Å². The lowest BCUT2D eigenvalue weighted by atomic mass is 10.1. The van der Waals surface area contributed by atoms with Crippen molar-refractivity contribution in [3.05, 3.63) is 23.8 Å². The standard InChI is InChI=1S/C13H18N2OS/c1-9(16)12-8-11(2-3-13(12)14)15-10-4-6-17-7-5-10/h2-3,8,10,15H,4-7,14H2,1H3. The molecule has 1 aliphatic heterocycles. The highest BCUT2D eigenvalue weighted by Gasteiger charge is 2.14. The molecule has 1 fully saturated rings. The maximum Gasteiger partial charge on any atom is 0.161 e. The summed E-state index contributed by atoms with van der Waals surface area (Å²) in [7, 11) is 0. The van der Waals surface area contributed by atoms with Gasteiger partial charge in [0.25, 0.3) is 0 Å². The molecule has 92 valence electrons. The first kappa shape index (κ1) is 12.3. The minimum atomic E-state index is 0.0188. The number of nitrogen functional groups attached to an aromatic ring is 1. The van der Waals surface area contributed by atoms with E-state index in [1.807, 2.05) is 23.9 Å². The number of hydrogen-bond acceptors (Lipinski definition) is 4. The van der Waals surface area contributed by atoms with Crippen LogP contribution in [0.25, 0.3) is 0 Å². The minimum absolute atomic E-state index is 0.0188. The van der Waals surface area contributed by atoms with Crippen molar-refractivity contribution in [3.63, 3.8) is 0 Å². The molecule has 2 rings (SSSR count). The van der Waals surface area contributed by atoms with Crippen LogP contribution < -0.4 is 11.1 Å². The molecule has 0 radical (unpaired) electrons. The van der Waals surface area contributed by atoms with Gasteiger partial charge in [-0.1, -0.05) is 0 Å².